The summed E-state index contributed by atoms with van der Waals surface area (Å²) in [7, 11) is 2.20. The van der Waals surface area contributed by atoms with Gasteiger partial charge in [0.15, 0.2) is 0 Å². The van der Waals surface area contributed by atoms with Crippen molar-refractivity contribution in [1.82, 2.24) is 9.80 Å². The summed E-state index contributed by atoms with van der Waals surface area (Å²) in [6.07, 6.45) is 5.43. The highest BCUT2D eigenvalue weighted by molar-refractivity contribution is 5.77. The fraction of sp³-hybridized carbons (Fsp3) is 0.769. The monoisotopic (exact) mass is 223 g/mol. The quantitative estimate of drug-likeness (QED) is 0.682. The lowest BCUT2D eigenvalue weighted by Gasteiger charge is -2.23. The largest absolute Gasteiger partial charge is 0.369 e. The summed E-state index contributed by atoms with van der Waals surface area (Å²) < 4.78 is 0. The fourth-order valence-corrected chi connectivity index (χ4v) is 1.87. The molecule has 0 atom stereocenters. The van der Waals surface area contributed by atoms with Crippen molar-refractivity contribution >= 4 is 6.21 Å². The molecule has 1 aliphatic heterocycles. The molecule has 0 aliphatic carbocycles. The lowest BCUT2D eigenvalue weighted by Crippen LogP contribution is -2.29. The van der Waals surface area contributed by atoms with Gasteiger partial charge in [-0.15, -0.1) is 0 Å². The van der Waals surface area contributed by atoms with E-state index in [0.717, 1.165) is 19.6 Å². The number of hydrogen-bond acceptors (Lipinski definition) is 3. The second-order valence-corrected chi connectivity index (χ2v) is 4.73. The molecule has 1 heterocycles. The number of nitrogens with zero attached hydrogens (tertiary/aromatic N) is 3. The average molecular weight is 223 g/mol. The fourth-order valence-electron chi connectivity index (χ4n) is 1.87. The van der Waals surface area contributed by atoms with Crippen LogP contribution in [0.2, 0.25) is 0 Å². The molecule has 3 nitrogen and oxygen atoms in total. The Morgan fingerprint density at radius 1 is 1.19 bits per heavy atom. The van der Waals surface area contributed by atoms with E-state index >= 15 is 0 Å². The molecule has 92 valence electrons. The second-order valence-electron chi connectivity index (χ2n) is 4.73. The lowest BCUT2D eigenvalue weighted by atomic mass is 10.3. The maximum Gasteiger partial charge on any atom is 0.0504 e. The Balaban J connectivity index is 2.59. The molecule has 0 saturated carbocycles. The van der Waals surface area contributed by atoms with Gasteiger partial charge in [0.25, 0.3) is 0 Å². The summed E-state index contributed by atoms with van der Waals surface area (Å²) in [6, 6.07) is 0.379. The first-order valence-electron chi connectivity index (χ1n) is 6.26. The minimum absolute atomic E-state index is 0.379. The molecular weight excluding hydrogens is 198 g/mol. The van der Waals surface area contributed by atoms with E-state index in [1.54, 1.807) is 0 Å². The van der Waals surface area contributed by atoms with Gasteiger partial charge in [0.05, 0.1) is 5.70 Å². The molecule has 0 radical (unpaired) electrons. The zero-order valence-corrected chi connectivity index (χ0v) is 11.1. The molecule has 0 spiro atoms. The van der Waals surface area contributed by atoms with Crippen molar-refractivity contribution in [3.63, 3.8) is 0 Å². The number of aliphatic imine (C=N–C) groups is 1. The van der Waals surface area contributed by atoms with Crippen LogP contribution in [0, 0.1) is 0 Å². The number of likely N-dealkylation sites (N-methyl/N-ethyl adjacent to an activating group) is 1. The Morgan fingerprint density at radius 2 is 1.94 bits per heavy atom. The second kappa shape index (κ2) is 6.69. The summed E-state index contributed by atoms with van der Waals surface area (Å²) in [4.78, 5) is 9.31. The van der Waals surface area contributed by atoms with Crippen molar-refractivity contribution in [2.75, 3.05) is 33.2 Å². The van der Waals surface area contributed by atoms with Crippen molar-refractivity contribution in [3.8, 4) is 0 Å². The molecule has 1 aliphatic rings. The summed E-state index contributed by atoms with van der Waals surface area (Å²) in [5.41, 5.74) is 1.27. The van der Waals surface area contributed by atoms with Gasteiger partial charge >= 0.3 is 0 Å². The molecular formula is C13H25N3. The molecule has 1 rings (SSSR count). The van der Waals surface area contributed by atoms with Crippen molar-refractivity contribution in [2.45, 2.75) is 33.2 Å². The van der Waals surface area contributed by atoms with Gasteiger partial charge in [-0.3, -0.25) is 4.99 Å². The number of hydrogen-bond donors (Lipinski definition) is 0. The Bertz CT molecular complexity index is 256. The van der Waals surface area contributed by atoms with Gasteiger partial charge in [-0.25, -0.2) is 0 Å². The van der Waals surface area contributed by atoms with Crippen LogP contribution >= 0.6 is 0 Å². The third kappa shape index (κ3) is 4.35. The van der Waals surface area contributed by atoms with Crippen molar-refractivity contribution < 1.29 is 0 Å². The average Bonchev–Trinajstić information content (AvgIpc) is 2.44. The summed E-state index contributed by atoms with van der Waals surface area (Å²) in [5.74, 6) is 0. The van der Waals surface area contributed by atoms with Crippen molar-refractivity contribution in [1.29, 1.82) is 0 Å². The summed E-state index contributed by atoms with van der Waals surface area (Å²) in [6.45, 7) is 10.9. The molecule has 3 heteroatoms. The van der Waals surface area contributed by atoms with Gasteiger partial charge < -0.3 is 9.80 Å². The van der Waals surface area contributed by atoms with Crippen LogP contribution in [0.3, 0.4) is 0 Å². The molecule has 0 unspecified atom stereocenters. The van der Waals surface area contributed by atoms with Crippen LogP contribution in [-0.4, -0.2) is 55.3 Å². The van der Waals surface area contributed by atoms with Gasteiger partial charge in [-0.05, 0) is 40.8 Å². The van der Waals surface area contributed by atoms with Crippen LogP contribution in [0.25, 0.3) is 0 Å². The van der Waals surface area contributed by atoms with E-state index in [9.17, 15) is 0 Å². The zero-order valence-electron chi connectivity index (χ0n) is 11.1. The molecule has 1 fully saturated rings. The van der Waals surface area contributed by atoms with E-state index in [4.69, 9.17) is 0 Å². The maximum atomic E-state index is 4.47. The van der Waals surface area contributed by atoms with Crippen molar-refractivity contribution in [2.24, 2.45) is 4.99 Å². The van der Waals surface area contributed by atoms with Gasteiger partial charge in [0, 0.05) is 31.9 Å². The summed E-state index contributed by atoms with van der Waals surface area (Å²) >= 11 is 0. The molecule has 0 aromatic carbocycles. The van der Waals surface area contributed by atoms with Gasteiger partial charge in [-0.2, -0.15) is 0 Å². The highest BCUT2D eigenvalue weighted by Crippen LogP contribution is 2.08. The minimum Gasteiger partial charge on any atom is -0.369 e. The van der Waals surface area contributed by atoms with Crippen LogP contribution in [0.4, 0.5) is 0 Å². The van der Waals surface area contributed by atoms with Crippen LogP contribution in [0.1, 0.15) is 27.2 Å². The van der Waals surface area contributed by atoms with E-state index in [1.807, 2.05) is 6.21 Å². The van der Waals surface area contributed by atoms with Gasteiger partial charge in [0.1, 0.15) is 0 Å². The molecule has 0 bridgehead atoms. The van der Waals surface area contributed by atoms with Crippen LogP contribution in [0.5, 0.6) is 0 Å². The smallest absolute Gasteiger partial charge is 0.0504 e. The number of allylic oxidation sites excluding steroid dienone is 2. The summed E-state index contributed by atoms with van der Waals surface area (Å²) in [5, 5.41) is 0. The third-order valence-electron chi connectivity index (χ3n) is 2.89. The minimum atomic E-state index is 0.379. The predicted molar refractivity (Wildman–Crippen MR) is 71.1 cm³/mol. The predicted octanol–water partition coefficient (Wildman–Crippen LogP) is 2.01. The Hall–Kier alpha value is -0.830. The topological polar surface area (TPSA) is 18.8 Å². The molecule has 0 N–H and O–H groups in total. The first-order chi connectivity index (χ1) is 7.63. The van der Waals surface area contributed by atoms with Gasteiger partial charge in [-0.1, -0.05) is 6.08 Å². The normalized spacial score (nSPS) is 20.8. The maximum absolute atomic E-state index is 4.47. The lowest BCUT2D eigenvalue weighted by molar-refractivity contribution is 0.332. The van der Waals surface area contributed by atoms with Crippen LogP contribution in [-0.2, 0) is 0 Å². The first-order valence-corrected chi connectivity index (χ1v) is 6.26. The Kier molecular flexibility index (Phi) is 5.53. The van der Waals surface area contributed by atoms with Crippen LogP contribution in [0.15, 0.2) is 16.8 Å². The van der Waals surface area contributed by atoms with E-state index < -0.39 is 0 Å². The molecule has 1 saturated heterocycles. The standard InChI is InChI=1S/C13H25N3/c1-5-13(11-14-12(2)3)16-8-6-7-15(4)9-10-16/h5,11-12H,6-10H2,1-4H3/b13-5+,14-11-. The van der Waals surface area contributed by atoms with Crippen molar-refractivity contribution in [3.05, 3.63) is 11.8 Å². The highest BCUT2D eigenvalue weighted by atomic mass is 15.2. The van der Waals surface area contributed by atoms with E-state index in [-0.39, 0.29) is 0 Å². The molecule has 0 aromatic rings. The van der Waals surface area contributed by atoms with E-state index in [1.165, 1.54) is 18.7 Å². The van der Waals surface area contributed by atoms with Crippen LogP contribution < -0.4 is 0 Å². The highest BCUT2D eigenvalue weighted by Gasteiger charge is 2.12. The zero-order chi connectivity index (χ0) is 12.0. The molecule has 16 heavy (non-hydrogen) atoms. The first kappa shape index (κ1) is 13.2. The third-order valence-corrected chi connectivity index (χ3v) is 2.89. The van der Waals surface area contributed by atoms with E-state index in [2.05, 4.69) is 48.7 Å². The van der Waals surface area contributed by atoms with Gasteiger partial charge in [0.2, 0.25) is 0 Å². The molecule has 0 aromatic heterocycles. The van der Waals surface area contributed by atoms with E-state index in [0.29, 0.717) is 6.04 Å². The molecule has 0 amide bonds. The number of rotatable bonds is 3. The SMILES string of the molecule is C/C=C(\C=N/C(C)C)N1CCCN(C)CC1. The Morgan fingerprint density at radius 3 is 2.56 bits per heavy atom. The Labute approximate surface area is 99.8 Å².